The Balaban J connectivity index is 1.93. The zero-order valence-electron chi connectivity index (χ0n) is 11.4. The van der Waals surface area contributed by atoms with E-state index in [9.17, 15) is 4.79 Å². The third-order valence-corrected chi connectivity index (χ3v) is 4.29. The average molecular weight is 246 g/mol. The smallest absolute Gasteiger partial charge is 0.224 e. The monoisotopic (exact) mass is 246 g/mol. The van der Waals surface area contributed by atoms with E-state index in [0.29, 0.717) is 6.42 Å². The van der Waals surface area contributed by atoms with Gasteiger partial charge in [-0.1, -0.05) is 38.1 Å². The highest BCUT2D eigenvalue weighted by atomic mass is 16.1. The number of nitrogens with two attached hydrogens (primary N) is 1. The molecule has 98 valence electrons. The Morgan fingerprint density at radius 1 is 1.44 bits per heavy atom. The van der Waals surface area contributed by atoms with Gasteiger partial charge in [0.05, 0.1) is 6.42 Å². The quantitative estimate of drug-likeness (QED) is 0.854. The van der Waals surface area contributed by atoms with Crippen molar-refractivity contribution in [1.29, 1.82) is 0 Å². The number of aryl methyl sites for hydroxylation is 1. The van der Waals surface area contributed by atoms with Crippen LogP contribution in [0.2, 0.25) is 0 Å². The highest BCUT2D eigenvalue weighted by Gasteiger charge is 2.46. The molecule has 0 aromatic heterocycles. The third-order valence-electron chi connectivity index (χ3n) is 4.29. The highest BCUT2D eigenvalue weighted by molar-refractivity contribution is 5.79. The van der Waals surface area contributed by atoms with Crippen molar-refractivity contribution >= 4 is 5.91 Å². The lowest BCUT2D eigenvalue weighted by Gasteiger charge is -2.50. The predicted molar refractivity (Wildman–Crippen MR) is 73.2 cm³/mol. The zero-order chi connectivity index (χ0) is 13.3. The Morgan fingerprint density at radius 3 is 2.67 bits per heavy atom. The molecule has 0 spiro atoms. The molecule has 0 radical (unpaired) electrons. The van der Waals surface area contributed by atoms with Crippen molar-refractivity contribution in [2.75, 3.05) is 0 Å². The van der Waals surface area contributed by atoms with E-state index in [1.807, 2.05) is 31.2 Å². The molecular formula is C15H22N2O. The molecule has 1 aromatic carbocycles. The molecule has 1 aromatic rings. The first-order valence-corrected chi connectivity index (χ1v) is 6.50. The van der Waals surface area contributed by atoms with Crippen LogP contribution < -0.4 is 11.1 Å². The van der Waals surface area contributed by atoms with E-state index in [4.69, 9.17) is 5.73 Å². The van der Waals surface area contributed by atoms with Crippen LogP contribution in [0.3, 0.4) is 0 Å². The summed E-state index contributed by atoms with van der Waals surface area (Å²) >= 11 is 0. The van der Waals surface area contributed by atoms with Crippen molar-refractivity contribution in [3.8, 4) is 0 Å². The first-order valence-electron chi connectivity index (χ1n) is 6.50. The van der Waals surface area contributed by atoms with Gasteiger partial charge in [-0.3, -0.25) is 4.79 Å². The normalized spacial score (nSPS) is 25.3. The molecule has 0 aliphatic heterocycles. The second kappa shape index (κ2) is 4.73. The number of carbonyl (C=O) groups excluding carboxylic acids is 1. The van der Waals surface area contributed by atoms with E-state index in [2.05, 4.69) is 19.2 Å². The molecule has 2 rings (SSSR count). The van der Waals surface area contributed by atoms with E-state index in [0.717, 1.165) is 17.5 Å². The second-order valence-corrected chi connectivity index (χ2v) is 5.89. The average Bonchev–Trinajstić information content (AvgIpc) is 2.32. The van der Waals surface area contributed by atoms with Crippen molar-refractivity contribution < 1.29 is 4.79 Å². The molecule has 2 atom stereocenters. The predicted octanol–water partition coefficient (Wildman–Crippen LogP) is 1.78. The van der Waals surface area contributed by atoms with Gasteiger partial charge in [-0.2, -0.15) is 0 Å². The molecule has 1 saturated carbocycles. The van der Waals surface area contributed by atoms with Gasteiger partial charge in [0.1, 0.15) is 0 Å². The fourth-order valence-corrected chi connectivity index (χ4v) is 2.43. The molecule has 3 nitrogen and oxygen atoms in total. The summed E-state index contributed by atoms with van der Waals surface area (Å²) in [6, 6.07) is 8.41. The van der Waals surface area contributed by atoms with Crippen LogP contribution in [0.5, 0.6) is 0 Å². The summed E-state index contributed by atoms with van der Waals surface area (Å²) in [6.07, 6.45) is 1.33. The minimum Gasteiger partial charge on any atom is -0.352 e. The molecule has 1 aliphatic rings. The van der Waals surface area contributed by atoms with Gasteiger partial charge in [-0.25, -0.2) is 0 Å². The maximum absolute atomic E-state index is 12.0. The number of rotatable bonds is 3. The SMILES string of the molecule is Cc1ccccc1CC(=O)NC1CC(N)C1(C)C. The van der Waals surface area contributed by atoms with Crippen molar-refractivity contribution in [1.82, 2.24) is 5.32 Å². The zero-order valence-corrected chi connectivity index (χ0v) is 11.4. The van der Waals surface area contributed by atoms with E-state index in [1.54, 1.807) is 0 Å². The summed E-state index contributed by atoms with van der Waals surface area (Å²) in [6.45, 7) is 6.26. The van der Waals surface area contributed by atoms with Gasteiger partial charge in [0.15, 0.2) is 0 Å². The lowest BCUT2D eigenvalue weighted by molar-refractivity contribution is -0.123. The Labute approximate surface area is 109 Å². The molecule has 1 fully saturated rings. The molecule has 18 heavy (non-hydrogen) atoms. The Hall–Kier alpha value is -1.35. The summed E-state index contributed by atoms with van der Waals surface area (Å²) in [5.74, 6) is 0.0919. The van der Waals surface area contributed by atoms with E-state index < -0.39 is 0 Å². The van der Waals surface area contributed by atoms with Crippen molar-refractivity contribution in [2.24, 2.45) is 11.1 Å². The molecular weight excluding hydrogens is 224 g/mol. The van der Waals surface area contributed by atoms with Gasteiger partial charge in [0.2, 0.25) is 5.91 Å². The van der Waals surface area contributed by atoms with Crippen LogP contribution in [-0.4, -0.2) is 18.0 Å². The summed E-state index contributed by atoms with van der Waals surface area (Å²) < 4.78 is 0. The Kier molecular flexibility index (Phi) is 3.44. The minimum absolute atomic E-state index is 0.0153. The number of amides is 1. The Morgan fingerprint density at radius 2 is 2.11 bits per heavy atom. The van der Waals surface area contributed by atoms with Crippen LogP contribution in [0.25, 0.3) is 0 Å². The molecule has 0 heterocycles. The number of carbonyl (C=O) groups is 1. The highest BCUT2D eigenvalue weighted by Crippen LogP contribution is 2.38. The molecule has 3 N–H and O–H groups in total. The lowest BCUT2D eigenvalue weighted by atomic mass is 9.63. The van der Waals surface area contributed by atoms with E-state index in [-0.39, 0.29) is 23.4 Å². The fraction of sp³-hybridized carbons (Fsp3) is 0.533. The topological polar surface area (TPSA) is 55.1 Å². The second-order valence-electron chi connectivity index (χ2n) is 5.89. The maximum atomic E-state index is 12.0. The lowest BCUT2D eigenvalue weighted by Crippen LogP contribution is -2.64. The van der Waals surface area contributed by atoms with Crippen molar-refractivity contribution in [3.63, 3.8) is 0 Å². The molecule has 1 aliphatic carbocycles. The van der Waals surface area contributed by atoms with Crippen LogP contribution in [0, 0.1) is 12.3 Å². The number of hydrogen-bond acceptors (Lipinski definition) is 2. The van der Waals surface area contributed by atoms with Crippen LogP contribution >= 0.6 is 0 Å². The molecule has 1 amide bonds. The van der Waals surface area contributed by atoms with Crippen LogP contribution in [-0.2, 0) is 11.2 Å². The van der Waals surface area contributed by atoms with Gasteiger partial charge < -0.3 is 11.1 Å². The molecule has 0 bridgehead atoms. The first kappa shape index (κ1) is 13.1. The number of benzene rings is 1. The van der Waals surface area contributed by atoms with Crippen molar-refractivity contribution in [2.45, 2.75) is 45.7 Å². The van der Waals surface area contributed by atoms with E-state index in [1.165, 1.54) is 0 Å². The molecule has 0 saturated heterocycles. The largest absolute Gasteiger partial charge is 0.352 e. The Bertz CT molecular complexity index is 454. The standard InChI is InChI=1S/C15H22N2O/c1-10-6-4-5-7-11(10)8-14(18)17-13-9-12(16)15(13,2)3/h4-7,12-13H,8-9,16H2,1-3H3,(H,17,18). The summed E-state index contributed by atoms with van der Waals surface area (Å²) in [4.78, 5) is 12.0. The van der Waals surface area contributed by atoms with Crippen molar-refractivity contribution in [3.05, 3.63) is 35.4 Å². The van der Waals surface area contributed by atoms with Gasteiger partial charge in [-0.15, -0.1) is 0 Å². The minimum atomic E-state index is 0.0153. The number of hydrogen-bond donors (Lipinski definition) is 2. The van der Waals surface area contributed by atoms with Gasteiger partial charge >= 0.3 is 0 Å². The van der Waals surface area contributed by atoms with Crippen LogP contribution in [0.15, 0.2) is 24.3 Å². The third kappa shape index (κ3) is 2.41. The van der Waals surface area contributed by atoms with Crippen LogP contribution in [0.1, 0.15) is 31.4 Å². The molecule has 2 unspecified atom stereocenters. The maximum Gasteiger partial charge on any atom is 0.224 e. The molecule has 3 heteroatoms. The summed E-state index contributed by atoms with van der Waals surface area (Å²) in [5, 5.41) is 3.09. The van der Waals surface area contributed by atoms with E-state index >= 15 is 0 Å². The van der Waals surface area contributed by atoms with Gasteiger partial charge in [-0.05, 0) is 24.5 Å². The fourth-order valence-electron chi connectivity index (χ4n) is 2.43. The van der Waals surface area contributed by atoms with Gasteiger partial charge in [0.25, 0.3) is 0 Å². The van der Waals surface area contributed by atoms with Gasteiger partial charge in [0, 0.05) is 17.5 Å². The summed E-state index contributed by atoms with van der Waals surface area (Å²) in [5.41, 5.74) is 8.22. The first-order chi connectivity index (χ1) is 8.41. The number of nitrogens with one attached hydrogen (secondary N) is 1. The summed E-state index contributed by atoms with van der Waals surface area (Å²) in [7, 11) is 0. The van der Waals surface area contributed by atoms with Crippen LogP contribution in [0.4, 0.5) is 0 Å².